The molecule has 8 heteroatoms. The second kappa shape index (κ2) is 4.28. The maximum Gasteiger partial charge on any atom is 0.490 e. The lowest BCUT2D eigenvalue weighted by molar-refractivity contribution is -0.192. The first-order valence-corrected chi connectivity index (χ1v) is 4.49. The van der Waals surface area contributed by atoms with E-state index in [1.165, 1.54) is 0 Å². The van der Waals surface area contributed by atoms with E-state index in [0.29, 0.717) is 5.41 Å². The van der Waals surface area contributed by atoms with E-state index in [1.807, 2.05) is 4.90 Å². The number of halogens is 3. The van der Waals surface area contributed by atoms with Crippen molar-refractivity contribution in [3.8, 4) is 0 Å². The van der Waals surface area contributed by atoms with Gasteiger partial charge in [0.1, 0.15) is 0 Å². The molecule has 2 fully saturated rings. The number of hydrogen-bond acceptors (Lipinski definition) is 3. The van der Waals surface area contributed by atoms with Gasteiger partial charge in [-0.05, 0) is 0 Å². The highest BCUT2D eigenvalue weighted by Crippen LogP contribution is 2.32. The Labute approximate surface area is 89.2 Å². The van der Waals surface area contributed by atoms with Crippen molar-refractivity contribution in [3.05, 3.63) is 0 Å². The summed E-state index contributed by atoms with van der Waals surface area (Å²) in [6.45, 7) is 4.17. The van der Waals surface area contributed by atoms with Crippen LogP contribution in [0.5, 0.6) is 0 Å². The molecule has 2 N–H and O–H groups in total. The molecule has 2 saturated heterocycles. The van der Waals surface area contributed by atoms with Crippen LogP contribution in [0.4, 0.5) is 13.2 Å². The van der Waals surface area contributed by atoms with Gasteiger partial charge >= 0.3 is 12.1 Å². The molecule has 92 valence electrons. The molecule has 16 heavy (non-hydrogen) atoms. The van der Waals surface area contributed by atoms with Crippen molar-refractivity contribution in [2.24, 2.45) is 5.41 Å². The van der Waals surface area contributed by atoms with Crippen molar-refractivity contribution in [2.75, 3.05) is 26.2 Å². The molecular weight excluding hydrogens is 229 g/mol. The maximum absolute atomic E-state index is 10.6. The van der Waals surface area contributed by atoms with Crippen LogP contribution in [0.15, 0.2) is 0 Å². The number of hydrogen-bond donors (Lipinski definition) is 2. The van der Waals surface area contributed by atoms with Crippen molar-refractivity contribution in [2.45, 2.75) is 6.18 Å². The zero-order valence-corrected chi connectivity index (χ0v) is 8.25. The lowest BCUT2D eigenvalue weighted by Crippen LogP contribution is -2.70. The number of amides is 1. The second-order valence-corrected chi connectivity index (χ2v) is 3.92. The van der Waals surface area contributed by atoms with Crippen LogP contribution in [-0.2, 0) is 9.59 Å². The minimum atomic E-state index is -5.08. The number of likely N-dealkylation sites (tertiary alicyclic amines) is 1. The molecule has 0 aromatic heterocycles. The van der Waals surface area contributed by atoms with Gasteiger partial charge in [-0.2, -0.15) is 13.2 Å². The molecule has 0 radical (unpaired) electrons. The minimum Gasteiger partial charge on any atom is -0.475 e. The van der Waals surface area contributed by atoms with E-state index in [-0.39, 0.29) is 0 Å². The number of alkyl halides is 3. The van der Waals surface area contributed by atoms with Crippen LogP contribution in [0, 0.1) is 5.41 Å². The van der Waals surface area contributed by atoms with Gasteiger partial charge in [-0.25, -0.2) is 4.79 Å². The number of carbonyl (C=O) groups is 2. The molecule has 2 heterocycles. The summed E-state index contributed by atoms with van der Waals surface area (Å²) in [5, 5.41) is 10.3. The molecule has 5 nitrogen and oxygen atoms in total. The molecule has 0 atom stereocenters. The minimum absolute atomic E-state index is 0.501. The first-order valence-electron chi connectivity index (χ1n) is 4.49. The molecule has 2 aliphatic rings. The fraction of sp³-hybridized carbons (Fsp3) is 0.750. The Morgan fingerprint density at radius 3 is 2.00 bits per heavy atom. The summed E-state index contributed by atoms with van der Waals surface area (Å²) in [6.07, 6.45) is -4.15. The van der Waals surface area contributed by atoms with Crippen molar-refractivity contribution in [1.29, 1.82) is 0 Å². The fourth-order valence-electron chi connectivity index (χ4n) is 1.59. The van der Waals surface area contributed by atoms with Gasteiger partial charge in [-0.1, -0.05) is 0 Å². The van der Waals surface area contributed by atoms with Crippen molar-refractivity contribution < 1.29 is 27.9 Å². The predicted octanol–water partition coefficient (Wildman–Crippen LogP) is -0.319. The number of aliphatic carboxylic acids is 1. The zero-order valence-electron chi connectivity index (χ0n) is 8.25. The van der Waals surface area contributed by atoms with E-state index in [9.17, 15) is 18.0 Å². The number of carboxylic acid groups (broad SMARTS) is 1. The van der Waals surface area contributed by atoms with Crippen LogP contribution >= 0.6 is 0 Å². The van der Waals surface area contributed by atoms with E-state index >= 15 is 0 Å². The number of nitrogens with one attached hydrogen (secondary N) is 1. The standard InChI is InChI=1S/C6H10N2O.C2HF3O2/c9-5-8-3-6(4-8)1-7-2-6;3-2(4,5)1(6)7/h5,7H,1-4H2;(H,6,7). The molecule has 0 aliphatic carbocycles. The molecule has 1 spiro atoms. The second-order valence-electron chi connectivity index (χ2n) is 3.92. The van der Waals surface area contributed by atoms with Gasteiger partial charge in [-0.3, -0.25) is 4.79 Å². The van der Waals surface area contributed by atoms with Gasteiger partial charge in [0.15, 0.2) is 0 Å². The molecule has 2 rings (SSSR count). The SMILES string of the molecule is O=C(O)C(F)(F)F.O=CN1CC2(CNC2)C1. The number of carbonyl (C=O) groups excluding carboxylic acids is 1. The van der Waals surface area contributed by atoms with Crippen molar-refractivity contribution >= 4 is 12.4 Å². The summed E-state index contributed by atoms with van der Waals surface area (Å²) < 4.78 is 31.7. The average Bonchev–Trinajstić information content (AvgIpc) is 1.98. The summed E-state index contributed by atoms with van der Waals surface area (Å²) in [5.41, 5.74) is 0.501. The van der Waals surface area contributed by atoms with E-state index in [2.05, 4.69) is 5.32 Å². The summed E-state index contributed by atoms with van der Waals surface area (Å²) in [6, 6.07) is 0. The zero-order chi connectivity index (χ0) is 12.4. The Morgan fingerprint density at radius 1 is 1.38 bits per heavy atom. The first-order chi connectivity index (χ1) is 7.29. The van der Waals surface area contributed by atoms with Crippen LogP contribution in [0.3, 0.4) is 0 Å². The van der Waals surface area contributed by atoms with E-state index in [4.69, 9.17) is 9.90 Å². The molecule has 0 saturated carbocycles. The van der Waals surface area contributed by atoms with Crippen molar-refractivity contribution in [3.63, 3.8) is 0 Å². The summed E-state index contributed by atoms with van der Waals surface area (Å²) in [4.78, 5) is 20.8. The molecule has 1 amide bonds. The van der Waals surface area contributed by atoms with Gasteiger partial charge < -0.3 is 15.3 Å². The van der Waals surface area contributed by atoms with Gasteiger partial charge in [-0.15, -0.1) is 0 Å². The van der Waals surface area contributed by atoms with Crippen LogP contribution in [0.2, 0.25) is 0 Å². The van der Waals surface area contributed by atoms with Gasteiger partial charge in [0, 0.05) is 31.6 Å². The number of nitrogens with zero attached hydrogens (tertiary/aromatic N) is 1. The third kappa shape index (κ3) is 2.84. The molecule has 0 unspecified atom stereocenters. The maximum atomic E-state index is 10.6. The third-order valence-electron chi connectivity index (χ3n) is 2.47. The molecule has 2 aliphatic heterocycles. The summed E-state index contributed by atoms with van der Waals surface area (Å²) in [7, 11) is 0. The molecule has 0 aromatic carbocycles. The largest absolute Gasteiger partial charge is 0.490 e. The van der Waals surface area contributed by atoms with Crippen LogP contribution in [-0.4, -0.2) is 54.7 Å². The van der Waals surface area contributed by atoms with Crippen LogP contribution < -0.4 is 5.32 Å². The van der Waals surface area contributed by atoms with Gasteiger partial charge in [0.25, 0.3) is 0 Å². The van der Waals surface area contributed by atoms with Crippen molar-refractivity contribution in [1.82, 2.24) is 10.2 Å². The molecular formula is C8H11F3N2O3. The monoisotopic (exact) mass is 240 g/mol. The smallest absolute Gasteiger partial charge is 0.475 e. The average molecular weight is 240 g/mol. The first kappa shape index (κ1) is 12.8. The Kier molecular flexibility index (Phi) is 3.41. The van der Waals surface area contributed by atoms with Gasteiger partial charge in [0.2, 0.25) is 6.41 Å². The fourth-order valence-corrected chi connectivity index (χ4v) is 1.59. The molecule has 0 aromatic rings. The molecule has 0 bridgehead atoms. The number of rotatable bonds is 1. The quantitative estimate of drug-likeness (QED) is 0.616. The van der Waals surface area contributed by atoms with Gasteiger partial charge in [0.05, 0.1) is 0 Å². The third-order valence-corrected chi connectivity index (χ3v) is 2.47. The predicted molar refractivity (Wildman–Crippen MR) is 46.6 cm³/mol. The Balaban J connectivity index is 0.000000168. The Bertz CT molecular complexity index is 281. The van der Waals surface area contributed by atoms with E-state index < -0.39 is 12.1 Å². The Morgan fingerprint density at radius 2 is 1.81 bits per heavy atom. The summed E-state index contributed by atoms with van der Waals surface area (Å²) >= 11 is 0. The summed E-state index contributed by atoms with van der Waals surface area (Å²) in [5.74, 6) is -2.76. The van der Waals surface area contributed by atoms with Crippen LogP contribution in [0.1, 0.15) is 0 Å². The van der Waals surface area contributed by atoms with Crippen LogP contribution in [0.25, 0.3) is 0 Å². The topological polar surface area (TPSA) is 69.6 Å². The lowest BCUT2D eigenvalue weighted by Gasteiger charge is -2.54. The van der Waals surface area contributed by atoms with E-state index in [0.717, 1.165) is 32.6 Å². The lowest BCUT2D eigenvalue weighted by atomic mass is 9.75. The highest BCUT2D eigenvalue weighted by atomic mass is 19.4. The highest BCUT2D eigenvalue weighted by molar-refractivity contribution is 5.73. The highest BCUT2D eigenvalue weighted by Gasteiger charge is 2.46. The normalized spacial score (nSPS) is 21.3. The Hall–Kier alpha value is -1.31. The van der Waals surface area contributed by atoms with E-state index in [1.54, 1.807) is 0 Å². The number of carboxylic acids is 1.